The summed E-state index contributed by atoms with van der Waals surface area (Å²) in [6.45, 7) is -0.732. The number of aromatic hydroxyl groups is 1. The van der Waals surface area contributed by atoms with Gasteiger partial charge in [-0.05, 0) is 46.5 Å². The largest absolute Gasteiger partial charge is 0.502 e. The lowest BCUT2D eigenvalue weighted by Crippen LogP contribution is -2.01. The van der Waals surface area contributed by atoms with E-state index in [1.807, 2.05) is 0 Å². The molecule has 0 heterocycles. The van der Waals surface area contributed by atoms with Crippen molar-refractivity contribution >= 4 is 12.2 Å². The van der Waals surface area contributed by atoms with Crippen LogP contribution in [0.1, 0.15) is 27.8 Å². The van der Waals surface area contributed by atoms with Crippen LogP contribution in [-0.2, 0) is 19.8 Å². The highest BCUT2D eigenvalue weighted by Gasteiger charge is 2.12. The summed E-state index contributed by atoms with van der Waals surface area (Å²) in [6, 6.07) is 6.84. The molecule has 0 fully saturated rings. The molecule has 0 radical (unpaired) electrons. The van der Waals surface area contributed by atoms with E-state index in [4.69, 9.17) is 9.47 Å². The minimum atomic E-state index is -0.254. The summed E-state index contributed by atoms with van der Waals surface area (Å²) in [4.78, 5) is 0. The van der Waals surface area contributed by atoms with Gasteiger partial charge in [-0.25, -0.2) is 0 Å². The molecular weight excluding hydrogens is 324 g/mol. The highest BCUT2D eigenvalue weighted by atomic mass is 16.5. The summed E-state index contributed by atoms with van der Waals surface area (Å²) in [5.74, 6) is 0.508. The van der Waals surface area contributed by atoms with Gasteiger partial charge < -0.3 is 29.9 Å². The maximum atomic E-state index is 10.1. The molecule has 0 aliphatic heterocycles. The molecule has 25 heavy (non-hydrogen) atoms. The van der Waals surface area contributed by atoms with Crippen molar-refractivity contribution in [1.29, 1.82) is 0 Å². The molecule has 0 aliphatic rings. The second-order valence-corrected chi connectivity index (χ2v) is 5.36. The first-order chi connectivity index (χ1) is 12.1. The third kappa shape index (κ3) is 3.93. The minimum Gasteiger partial charge on any atom is -0.502 e. The fraction of sp³-hybridized carbons (Fsp3) is 0.263. The predicted molar refractivity (Wildman–Crippen MR) is 94.3 cm³/mol. The third-order valence-electron chi connectivity index (χ3n) is 3.96. The number of ether oxygens (including phenoxy) is 2. The number of rotatable bonds is 7. The fourth-order valence-corrected chi connectivity index (χ4v) is 2.67. The normalized spacial score (nSPS) is 11.1. The van der Waals surface area contributed by atoms with Crippen LogP contribution in [0.25, 0.3) is 12.2 Å². The molecule has 2 rings (SSSR count). The molecule has 134 valence electrons. The number of hydrogen-bond donors (Lipinski definition) is 4. The van der Waals surface area contributed by atoms with Crippen LogP contribution < -0.4 is 9.47 Å². The molecule has 0 bridgehead atoms. The van der Waals surface area contributed by atoms with E-state index in [1.165, 1.54) is 14.2 Å². The van der Waals surface area contributed by atoms with E-state index in [2.05, 4.69) is 0 Å². The van der Waals surface area contributed by atoms with Gasteiger partial charge in [-0.15, -0.1) is 0 Å². The van der Waals surface area contributed by atoms with E-state index >= 15 is 0 Å². The van der Waals surface area contributed by atoms with Gasteiger partial charge in [-0.1, -0.05) is 12.2 Å². The van der Waals surface area contributed by atoms with Crippen LogP contribution in [0.4, 0.5) is 0 Å². The maximum Gasteiger partial charge on any atom is 0.201 e. The predicted octanol–water partition coefficient (Wildman–Crippen LogP) is 2.06. The lowest BCUT2D eigenvalue weighted by Gasteiger charge is -2.12. The molecule has 0 amide bonds. The van der Waals surface area contributed by atoms with Crippen LogP contribution in [0, 0.1) is 0 Å². The van der Waals surface area contributed by atoms with Gasteiger partial charge in [0.15, 0.2) is 11.5 Å². The molecule has 0 aliphatic carbocycles. The molecule has 0 aromatic heterocycles. The number of methoxy groups -OCH3 is 2. The molecule has 0 spiro atoms. The van der Waals surface area contributed by atoms with Crippen LogP contribution in [-0.4, -0.2) is 34.6 Å². The lowest BCUT2D eigenvalue weighted by molar-refractivity contribution is 0.247. The summed E-state index contributed by atoms with van der Waals surface area (Å²) in [6.07, 6.45) is 3.51. The number of benzene rings is 2. The molecule has 6 heteroatoms. The first-order valence-corrected chi connectivity index (χ1v) is 7.68. The average molecular weight is 346 g/mol. The Balaban J connectivity index is 2.44. The molecule has 4 N–H and O–H groups in total. The SMILES string of the molecule is COc1ccc(C=Cc2cc(CO)c(CO)c(CO)c2)c(OC)c1O. The average Bonchev–Trinajstić information content (AvgIpc) is 2.65. The Bertz CT molecular complexity index is 742. The summed E-state index contributed by atoms with van der Waals surface area (Å²) in [5, 5.41) is 38.5. The topological polar surface area (TPSA) is 99.4 Å². The van der Waals surface area contributed by atoms with Gasteiger partial charge in [0, 0.05) is 5.56 Å². The van der Waals surface area contributed by atoms with E-state index < -0.39 is 0 Å². The monoisotopic (exact) mass is 346 g/mol. The van der Waals surface area contributed by atoms with E-state index in [1.54, 1.807) is 36.4 Å². The standard InChI is InChI=1S/C19H22O6/c1-24-17-6-5-13(19(25-2)18(17)23)4-3-12-7-14(9-20)16(11-22)15(8-12)10-21/h3-8,20-23H,9-11H2,1-2H3. The number of phenols is 1. The van der Waals surface area contributed by atoms with Gasteiger partial charge >= 0.3 is 0 Å². The highest BCUT2D eigenvalue weighted by Crippen LogP contribution is 2.39. The molecule has 2 aromatic carbocycles. The number of aliphatic hydroxyl groups excluding tert-OH is 3. The zero-order chi connectivity index (χ0) is 18.4. The van der Waals surface area contributed by atoms with Gasteiger partial charge in [0.1, 0.15) is 0 Å². The van der Waals surface area contributed by atoms with E-state index in [0.717, 1.165) is 5.56 Å². The molecule has 0 saturated heterocycles. The van der Waals surface area contributed by atoms with Crippen LogP contribution >= 0.6 is 0 Å². The first kappa shape index (κ1) is 18.8. The van der Waals surface area contributed by atoms with Crippen molar-refractivity contribution in [2.45, 2.75) is 19.8 Å². The Morgan fingerprint density at radius 2 is 1.52 bits per heavy atom. The fourth-order valence-electron chi connectivity index (χ4n) is 2.67. The summed E-state index contributed by atoms with van der Waals surface area (Å²) >= 11 is 0. The second kappa shape index (κ2) is 8.53. The zero-order valence-corrected chi connectivity index (χ0v) is 14.2. The van der Waals surface area contributed by atoms with Crippen molar-refractivity contribution in [3.63, 3.8) is 0 Å². The molecule has 0 unspecified atom stereocenters. The van der Waals surface area contributed by atoms with Crippen LogP contribution in [0.15, 0.2) is 24.3 Å². The third-order valence-corrected chi connectivity index (χ3v) is 3.96. The summed E-state index contributed by atoms with van der Waals surface area (Å²) in [7, 11) is 2.91. The Labute approximate surface area is 146 Å². The summed E-state index contributed by atoms with van der Waals surface area (Å²) in [5.41, 5.74) is 3.02. The van der Waals surface area contributed by atoms with Crippen LogP contribution in [0.5, 0.6) is 17.2 Å². The Morgan fingerprint density at radius 3 is 2.00 bits per heavy atom. The number of phenolic OH excluding ortho intramolecular Hbond substituents is 1. The Morgan fingerprint density at radius 1 is 0.880 bits per heavy atom. The van der Waals surface area contributed by atoms with Crippen molar-refractivity contribution < 1.29 is 29.9 Å². The van der Waals surface area contributed by atoms with Gasteiger partial charge in [0.25, 0.3) is 0 Å². The molecule has 0 atom stereocenters. The highest BCUT2D eigenvalue weighted by molar-refractivity contribution is 5.76. The van der Waals surface area contributed by atoms with Crippen LogP contribution in [0.3, 0.4) is 0 Å². The van der Waals surface area contributed by atoms with E-state index in [9.17, 15) is 20.4 Å². The van der Waals surface area contributed by atoms with Gasteiger partial charge in [-0.2, -0.15) is 0 Å². The minimum absolute atomic E-state index is 0.0881. The number of aliphatic hydroxyl groups is 3. The summed E-state index contributed by atoms with van der Waals surface area (Å²) < 4.78 is 10.3. The van der Waals surface area contributed by atoms with Crippen molar-refractivity contribution in [3.05, 3.63) is 52.1 Å². The van der Waals surface area contributed by atoms with Gasteiger partial charge in [-0.3, -0.25) is 0 Å². The Hall–Kier alpha value is -2.54. The number of hydrogen-bond acceptors (Lipinski definition) is 6. The molecular formula is C19H22O6. The second-order valence-electron chi connectivity index (χ2n) is 5.36. The molecule has 0 saturated carbocycles. The van der Waals surface area contributed by atoms with Crippen LogP contribution in [0.2, 0.25) is 0 Å². The van der Waals surface area contributed by atoms with E-state index in [-0.39, 0.29) is 31.3 Å². The van der Waals surface area contributed by atoms with E-state index in [0.29, 0.717) is 28.0 Å². The van der Waals surface area contributed by atoms with Gasteiger partial charge in [0.2, 0.25) is 5.75 Å². The van der Waals surface area contributed by atoms with Crippen molar-refractivity contribution in [1.82, 2.24) is 0 Å². The maximum absolute atomic E-state index is 10.1. The molecule has 2 aromatic rings. The lowest BCUT2D eigenvalue weighted by atomic mass is 9.98. The molecule has 6 nitrogen and oxygen atoms in total. The van der Waals surface area contributed by atoms with Crippen molar-refractivity contribution in [3.8, 4) is 17.2 Å². The van der Waals surface area contributed by atoms with Gasteiger partial charge in [0.05, 0.1) is 34.0 Å². The van der Waals surface area contributed by atoms with Crippen molar-refractivity contribution in [2.75, 3.05) is 14.2 Å². The first-order valence-electron chi connectivity index (χ1n) is 7.68. The van der Waals surface area contributed by atoms with Crippen molar-refractivity contribution in [2.24, 2.45) is 0 Å². The quantitative estimate of drug-likeness (QED) is 0.573. The zero-order valence-electron chi connectivity index (χ0n) is 14.2. The smallest absolute Gasteiger partial charge is 0.201 e. The Kier molecular flexibility index (Phi) is 6.41.